The molecule has 0 unspecified atom stereocenters. The predicted molar refractivity (Wildman–Crippen MR) is 40.4 cm³/mol. The summed E-state index contributed by atoms with van der Waals surface area (Å²) in [4.78, 5) is 0. The second-order valence-corrected chi connectivity index (χ2v) is 2.69. The van der Waals surface area contributed by atoms with Gasteiger partial charge in [-0.2, -0.15) is 13.2 Å². The van der Waals surface area contributed by atoms with E-state index in [9.17, 15) is 13.2 Å². The first kappa shape index (κ1) is 11.1. The zero-order valence-electron chi connectivity index (χ0n) is 7.34. The molecule has 1 aromatic rings. The second-order valence-electron chi connectivity index (χ2n) is 2.69. The Bertz CT molecular complexity index is 292. The number of alkyl halides is 3. The summed E-state index contributed by atoms with van der Waals surface area (Å²) in [6, 6.07) is 1.33. The molecule has 14 heavy (non-hydrogen) atoms. The predicted octanol–water partition coefficient (Wildman–Crippen LogP) is 2.02. The fraction of sp³-hybridized carbons (Fsp3) is 0.500. The Morgan fingerprint density at radius 3 is 2.71 bits per heavy atom. The molecule has 0 aromatic carbocycles. The summed E-state index contributed by atoms with van der Waals surface area (Å²) in [5.74, 6) is -0.514. The molecule has 0 saturated carbocycles. The lowest BCUT2D eigenvalue weighted by molar-refractivity contribution is -0.212. The van der Waals surface area contributed by atoms with Crippen molar-refractivity contribution in [1.29, 1.82) is 0 Å². The lowest BCUT2D eigenvalue weighted by atomic mass is 10.2. The van der Waals surface area contributed by atoms with Crippen molar-refractivity contribution in [3.05, 3.63) is 23.7 Å². The van der Waals surface area contributed by atoms with Crippen LogP contribution in [0.25, 0.3) is 0 Å². The zero-order valence-corrected chi connectivity index (χ0v) is 7.34. The molecule has 0 bridgehead atoms. The molecule has 6 heteroatoms. The Morgan fingerprint density at radius 2 is 2.21 bits per heavy atom. The van der Waals surface area contributed by atoms with Crippen molar-refractivity contribution in [2.75, 3.05) is 7.11 Å². The molecule has 1 atom stereocenters. The summed E-state index contributed by atoms with van der Waals surface area (Å²) in [6.07, 6.45) is -6.23. The molecule has 0 aliphatic rings. The molecular weight excluding hydrogens is 201 g/mol. The molecule has 1 aromatic heterocycles. The van der Waals surface area contributed by atoms with Crippen LogP contribution >= 0.6 is 0 Å². The summed E-state index contributed by atoms with van der Waals surface area (Å²) in [6.45, 7) is -0.0288. The van der Waals surface area contributed by atoms with Crippen LogP contribution in [0.2, 0.25) is 0 Å². The van der Waals surface area contributed by atoms with Gasteiger partial charge >= 0.3 is 6.18 Å². The summed E-state index contributed by atoms with van der Waals surface area (Å²) >= 11 is 0. The fourth-order valence-electron chi connectivity index (χ4n) is 1.01. The first-order chi connectivity index (χ1) is 6.46. The Kier molecular flexibility index (Phi) is 3.17. The molecule has 0 spiro atoms. The van der Waals surface area contributed by atoms with Gasteiger partial charge in [0.1, 0.15) is 5.76 Å². The van der Waals surface area contributed by atoms with Crippen LogP contribution in [0.1, 0.15) is 17.4 Å². The number of hydrogen-bond acceptors (Lipinski definition) is 3. The third-order valence-corrected chi connectivity index (χ3v) is 1.64. The molecule has 3 nitrogen and oxygen atoms in total. The SMILES string of the molecule is COCc1ccoc1[C@@H](O)C(F)(F)F. The third-order valence-electron chi connectivity index (χ3n) is 1.64. The molecule has 0 radical (unpaired) electrons. The monoisotopic (exact) mass is 210 g/mol. The quantitative estimate of drug-likeness (QED) is 0.829. The normalized spacial score (nSPS) is 14.4. The van der Waals surface area contributed by atoms with Gasteiger partial charge in [0, 0.05) is 12.7 Å². The molecule has 1 N–H and O–H groups in total. The van der Waals surface area contributed by atoms with Crippen molar-refractivity contribution in [2.24, 2.45) is 0 Å². The van der Waals surface area contributed by atoms with Gasteiger partial charge in [0.05, 0.1) is 12.9 Å². The van der Waals surface area contributed by atoms with Gasteiger partial charge in [0.25, 0.3) is 0 Å². The number of aliphatic hydroxyl groups excluding tert-OH is 1. The van der Waals surface area contributed by atoms with E-state index in [1.807, 2.05) is 0 Å². The number of aliphatic hydroxyl groups is 1. The van der Waals surface area contributed by atoms with Crippen molar-refractivity contribution in [3.8, 4) is 0 Å². The summed E-state index contributed by atoms with van der Waals surface area (Å²) < 4.78 is 45.5. The van der Waals surface area contributed by atoms with E-state index in [1.165, 1.54) is 13.2 Å². The van der Waals surface area contributed by atoms with E-state index in [2.05, 4.69) is 9.15 Å². The minimum Gasteiger partial charge on any atom is -0.466 e. The van der Waals surface area contributed by atoms with Crippen LogP contribution in [0.3, 0.4) is 0 Å². The van der Waals surface area contributed by atoms with Gasteiger partial charge in [-0.1, -0.05) is 0 Å². The zero-order chi connectivity index (χ0) is 10.8. The lowest BCUT2D eigenvalue weighted by Gasteiger charge is -2.13. The first-order valence-corrected chi connectivity index (χ1v) is 3.76. The number of methoxy groups -OCH3 is 1. The highest BCUT2D eigenvalue weighted by Crippen LogP contribution is 2.34. The van der Waals surface area contributed by atoms with Crippen molar-refractivity contribution >= 4 is 0 Å². The summed E-state index contributed by atoms with van der Waals surface area (Å²) in [7, 11) is 1.34. The minimum atomic E-state index is -4.72. The Labute approximate surface area is 78.1 Å². The number of hydrogen-bond donors (Lipinski definition) is 1. The van der Waals surface area contributed by atoms with E-state index in [0.717, 1.165) is 6.26 Å². The molecule has 0 aliphatic heterocycles. The number of halogens is 3. The van der Waals surface area contributed by atoms with Crippen LogP contribution < -0.4 is 0 Å². The van der Waals surface area contributed by atoms with Gasteiger partial charge in [0.15, 0.2) is 0 Å². The molecule has 0 aliphatic carbocycles. The Hall–Kier alpha value is -1.01. The average Bonchev–Trinajstić information content (AvgIpc) is 2.50. The minimum absolute atomic E-state index is 0.0288. The molecule has 1 heterocycles. The lowest BCUT2D eigenvalue weighted by Crippen LogP contribution is -2.20. The smallest absolute Gasteiger partial charge is 0.421 e. The number of rotatable bonds is 3. The van der Waals surface area contributed by atoms with Gasteiger partial charge in [-0.15, -0.1) is 0 Å². The average molecular weight is 210 g/mol. The van der Waals surface area contributed by atoms with Crippen LogP contribution in [0, 0.1) is 0 Å². The van der Waals surface area contributed by atoms with Gasteiger partial charge < -0.3 is 14.3 Å². The van der Waals surface area contributed by atoms with Crippen LogP contribution in [0.5, 0.6) is 0 Å². The van der Waals surface area contributed by atoms with Crippen LogP contribution in [-0.4, -0.2) is 18.4 Å². The maximum atomic E-state index is 12.1. The summed E-state index contributed by atoms with van der Waals surface area (Å²) in [5.41, 5.74) is 0.192. The number of ether oxygens (including phenoxy) is 1. The maximum Gasteiger partial charge on any atom is 0.421 e. The van der Waals surface area contributed by atoms with Crippen molar-refractivity contribution in [1.82, 2.24) is 0 Å². The van der Waals surface area contributed by atoms with Crippen LogP contribution in [0.4, 0.5) is 13.2 Å². The largest absolute Gasteiger partial charge is 0.466 e. The van der Waals surface area contributed by atoms with E-state index in [-0.39, 0.29) is 12.2 Å². The van der Waals surface area contributed by atoms with Crippen molar-refractivity contribution in [2.45, 2.75) is 18.9 Å². The maximum absolute atomic E-state index is 12.1. The van der Waals surface area contributed by atoms with Gasteiger partial charge in [-0.05, 0) is 6.07 Å². The second kappa shape index (κ2) is 4.02. The van der Waals surface area contributed by atoms with Crippen molar-refractivity contribution in [3.63, 3.8) is 0 Å². The van der Waals surface area contributed by atoms with Gasteiger partial charge in [-0.25, -0.2) is 0 Å². The molecule has 80 valence electrons. The molecule has 0 fully saturated rings. The van der Waals surface area contributed by atoms with E-state index < -0.39 is 18.0 Å². The van der Waals surface area contributed by atoms with E-state index >= 15 is 0 Å². The molecule has 0 amide bonds. The van der Waals surface area contributed by atoms with Crippen molar-refractivity contribution < 1.29 is 27.4 Å². The highest BCUT2D eigenvalue weighted by atomic mass is 19.4. The van der Waals surface area contributed by atoms with E-state index in [0.29, 0.717) is 0 Å². The molecule has 1 rings (SSSR count). The summed E-state index contributed by atoms with van der Waals surface area (Å²) in [5, 5.41) is 8.88. The van der Waals surface area contributed by atoms with Crippen LogP contribution in [0.15, 0.2) is 16.7 Å². The van der Waals surface area contributed by atoms with Gasteiger partial charge in [0.2, 0.25) is 6.10 Å². The standard InChI is InChI=1S/C8H9F3O3/c1-13-4-5-2-3-14-6(5)7(12)8(9,10)11/h2-3,7,12H,4H2,1H3/t7-/m1/s1. The van der Waals surface area contributed by atoms with Crippen LogP contribution in [-0.2, 0) is 11.3 Å². The Balaban J connectivity index is 2.89. The fourth-order valence-corrected chi connectivity index (χ4v) is 1.01. The third kappa shape index (κ3) is 2.27. The number of furan rings is 1. The Morgan fingerprint density at radius 1 is 1.57 bits per heavy atom. The molecular formula is C8H9F3O3. The molecule has 0 saturated heterocycles. The topological polar surface area (TPSA) is 42.6 Å². The van der Waals surface area contributed by atoms with Gasteiger partial charge in [-0.3, -0.25) is 0 Å². The highest BCUT2D eigenvalue weighted by Gasteiger charge is 2.42. The highest BCUT2D eigenvalue weighted by molar-refractivity contribution is 5.19. The van der Waals surface area contributed by atoms with E-state index in [4.69, 9.17) is 5.11 Å². The first-order valence-electron chi connectivity index (χ1n) is 3.76. The van der Waals surface area contributed by atoms with E-state index in [1.54, 1.807) is 0 Å².